The van der Waals surface area contributed by atoms with Crippen LogP contribution in [0.25, 0.3) is 0 Å². The van der Waals surface area contributed by atoms with Crippen LogP contribution < -0.4 is 10.1 Å². The van der Waals surface area contributed by atoms with Gasteiger partial charge in [-0.2, -0.15) is 0 Å². The van der Waals surface area contributed by atoms with E-state index in [1.54, 1.807) is 26.4 Å². The second-order valence-corrected chi connectivity index (χ2v) is 4.72. The number of hydrogen-bond acceptors (Lipinski definition) is 4. The molecule has 0 aliphatic rings. The highest BCUT2D eigenvalue weighted by atomic mass is 19.1. The summed E-state index contributed by atoms with van der Waals surface area (Å²) >= 11 is 0. The molecule has 0 bridgehead atoms. The molecule has 5 nitrogen and oxygen atoms in total. The van der Waals surface area contributed by atoms with Crippen molar-refractivity contribution in [3.63, 3.8) is 0 Å². The minimum atomic E-state index is -0.347. The third-order valence-electron chi connectivity index (χ3n) is 3.06. The summed E-state index contributed by atoms with van der Waals surface area (Å²) in [6.45, 7) is 3.33. The van der Waals surface area contributed by atoms with Crippen molar-refractivity contribution in [2.45, 2.75) is 19.9 Å². The van der Waals surface area contributed by atoms with Crippen LogP contribution in [0.4, 0.5) is 16.0 Å². The molecule has 1 heterocycles. The number of methoxy groups -OCH3 is 2. The van der Waals surface area contributed by atoms with Gasteiger partial charge in [0.25, 0.3) is 0 Å². The number of nitrogens with zero attached hydrogens (tertiary/aromatic N) is 2. The van der Waals surface area contributed by atoms with Crippen molar-refractivity contribution in [2.24, 2.45) is 0 Å². The van der Waals surface area contributed by atoms with E-state index in [9.17, 15) is 4.39 Å². The number of aryl methyl sites for hydroxylation is 2. The van der Waals surface area contributed by atoms with E-state index in [2.05, 4.69) is 10.3 Å². The molecule has 0 spiro atoms. The first-order chi connectivity index (χ1) is 10.1. The standard InChI is InChI=1S/C15H20FN3O2/c1-11-10-19(7-4-8-20-2)15(17-11)18-14-9-12(21-3)5-6-13(14)16/h5-6,9-10H,4,7-8H2,1-3H3,(H,17,18). The van der Waals surface area contributed by atoms with E-state index in [0.29, 0.717) is 24.0 Å². The maximum Gasteiger partial charge on any atom is 0.207 e. The summed E-state index contributed by atoms with van der Waals surface area (Å²) in [5.41, 5.74) is 1.21. The van der Waals surface area contributed by atoms with E-state index in [1.165, 1.54) is 6.07 Å². The molecule has 2 aromatic rings. The van der Waals surface area contributed by atoms with Crippen molar-refractivity contribution in [3.05, 3.63) is 35.9 Å². The Morgan fingerprint density at radius 1 is 1.33 bits per heavy atom. The molecule has 2 rings (SSSR count). The number of ether oxygens (including phenoxy) is 2. The lowest BCUT2D eigenvalue weighted by Gasteiger charge is -2.11. The summed E-state index contributed by atoms with van der Waals surface area (Å²) in [5, 5.41) is 3.02. The first-order valence-corrected chi connectivity index (χ1v) is 6.77. The summed E-state index contributed by atoms with van der Waals surface area (Å²) in [7, 11) is 3.22. The highest BCUT2D eigenvalue weighted by Crippen LogP contribution is 2.24. The van der Waals surface area contributed by atoms with Gasteiger partial charge in [-0.05, 0) is 25.5 Å². The van der Waals surface area contributed by atoms with Gasteiger partial charge in [-0.3, -0.25) is 0 Å². The average Bonchev–Trinajstić information content (AvgIpc) is 2.81. The molecule has 0 amide bonds. The van der Waals surface area contributed by atoms with Crippen LogP contribution in [0.5, 0.6) is 5.75 Å². The van der Waals surface area contributed by atoms with Crippen LogP contribution in [-0.4, -0.2) is 30.4 Å². The van der Waals surface area contributed by atoms with Gasteiger partial charge in [0, 0.05) is 32.5 Å². The number of hydrogen-bond donors (Lipinski definition) is 1. The number of nitrogens with one attached hydrogen (secondary N) is 1. The fraction of sp³-hybridized carbons (Fsp3) is 0.400. The molecule has 0 radical (unpaired) electrons. The number of rotatable bonds is 7. The predicted molar refractivity (Wildman–Crippen MR) is 79.7 cm³/mol. The zero-order valence-corrected chi connectivity index (χ0v) is 12.5. The summed E-state index contributed by atoms with van der Waals surface area (Å²) < 4.78 is 26.0. The molecule has 0 fully saturated rings. The minimum Gasteiger partial charge on any atom is -0.497 e. The third kappa shape index (κ3) is 3.95. The molecular weight excluding hydrogens is 273 g/mol. The van der Waals surface area contributed by atoms with E-state index in [1.807, 2.05) is 17.7 Å². The van der Waals surface area contributed by atoms with Gasteiger partial charge in [-0.1, -0.05) is 0 Å². The fourth-order valence-corrected chi connectivity index (χ4v) is 2.04. The SMILES string of the molecule is COCCCn1cc(C)nc1Nc1cc(OC)ccc1F. The lowest BCUT2D eigenvalue weighted by atomic mass is 10.3. The van der Waals surface area contributed by atoms with Crippen LogP contribution >= 0.6 is 0 Å². The predicted octanol–water partition coefficient (Wildman–Crippen LogP) is 3.12. The van der Waals surface area contributed by atoms with Gasteiger partial charge in [0.05, 0.1) is 18.5 Å². The molecule has 0 aliphatic carbocycles. The molecule has 0 unspecified atom stereocenters. The Morgan fingerprint density at radius 2 is 2.14 bits per heavy atom. The van der Waals surface area contributed by atoms with Crippen molar-refractivity contribution >= 4 is 11.6 Å². The van der Waals surface area contributed by atoms with E-state index >= 15 is 0 Å². The summed E-state index contributed by atoms with van der Waals surface area (Å²) in [6, 6.07) is 4.56. The second kappa shape index (κ2) is 7.08. The number of anilines is 2. The number of aromatic nitrogens is 2. The quantitative estimate of drug-likeness (QED) is 0.797. The van der Waals surface area contributed by atoms with Gasteiger partial charge in [0.2, 0.25) is 5.95 Å². The fourth-order valence-electron chi connectivity index (χ4n) is 2.04. The number of halogens is 1. The van der Waals surface area contributed by atoms with Gasteiger partial charge in [0.15, 0.2) is 0 Å². The first-order valence-electron chi connectivity index (χ1n) is 6.77. The van der Waals surface area contributed by atoms with Crippen molar-refractivity contribution in [1.29, 1.82) is 0 Å². The van der Waals surface area contributed by atoms with Gasteiger partial charge in [-0.15, -0.1) is 0 Å². The van der Waals surface area contributed by atoms with Crippen molar-refractivity contribution in [1.82, 2.24) is 9.55 Å². The maximum atomic E-state index is 13.9. The van der Waals surface area contributed by atoms with Crippen molar-refractivity contribution < 1.29 is 13.9 Å². The Bertz CT molecular complexity index is 599. The highest BCUT2D eigenvalue weighted by molar-refractivity contribution is 5.57. The topological polar surface area (TPSA) is 48.3 Å². The zero-order chi connectivity index (χ0) is 15.2. The molecule has 0 saturated carbocycles. The summed E-state index contributed by atoms with van der Waals surface area (Å²) in [6.07, 6.45) is 2.79. The van der Waals surface area contributed by atoms with E-state index < -0.39 is 0 Å². The molecule has 0 atom stereocenters. The molecule has 114 valence electrons. The third-order valence-corrected chi connectivity index (χ3v) is 3.06. The second-order valence-electron chi connectivity index (χ2n) is 4.72. The van der Waals surface area contributed by atoms with Crippen LogP contribution in [0.15, 0.2) is 24.4 Å². The Balaban J connectivity index is 2.18. The number of imidazole rings is 1. The van der Waals surface area contributed by atoms with Crippen LogP contribution in [-0.2, 0) is 11.3 Å². The monoisotopic (exact) mass is 293 g/mol. The lowest BCUT2D eigenvalue weighted by molar-refractivity contribution is 0.190. The van der Waals surface area contributed by atoms with Gasteiger partial charge >= 0.3 is 0 Å². The van der Waals surface area contributed by atoms with Crippen LogP contribution in [0, 0.1) is 12.7 Å². The van der Waals surface area contributed by atoms with Crippen molar-refractivity contribution in [2.75, 3.05) is 26.1 Å². The first kappa shape index (κ1) is 15.3. The smallest absolute Gasteiger partial charge is 0.207 e. The maximum absolute atomic E-state index is 13.9. The summed E-state index contributed by atoms with van der Waals surface area (Å²) in [4.78, 5) is 4.38. The molecule has 21 heavy (non-hydrogen) atoms. The molecule has 1 aromatic heterocycles. The Morgan fingerprint density at radius 3 is 2.86 bits per heavy atom. The zero-order valence-electron chi connectivity index (χ0n) is 12.5. The molecule has 0 aliphatic heterocycles. The minimum absolute atomic E-state index is 0.341. The Labute approximate surface area is 123 Å². The molecule has 6 heteroatoms. The van der Waals surface area contributed by atoms with Gasteiger partial charge in [0.1, 0.15) is 11.6 Å². The molecule has 1 N–H and O–H groups in total. The van der Waals surface area contributed by atoms with Gasteiger partial charge < -0.3 is 19.4 Å². The Hall–Kier alpha value is -2.08. The van der Waals surface area contributed by atoms with E-state index in [4.69, 9.17) is 9.47 Å². The Kier molecular flexibility index (Phi) is 5.16. The largest absolute Gasteiger partial charge is 0.497 e. The number of benzene rings is 1. The van der Waals surface area contributed by atoms with Gasteiger partial charge in [-0.25, -0.2) is 9.37 Å². The highest BCUT2D eigenvalue weighted by Gasteiger charge is 2.10. The van der Waals surface area contributed by atoms with Crippen LogP contribution in [0.1, 0.15) is 12.1 Å². The van der Waals surface area contributed by atoms with Crippen LogP contribution in [0.3, 0.4) is 0 Å². The molecule has 1 aromatic carbocycles. The molecular formula is C15H20FN3O2. The van der Waals surface area contributed by atoms with E-state index in [0.717, 1.165) is 18.7 Å². The normalized spacial score (nSPS) is 10.7. The molecule has 0 saturated heterocycles. The summed E-state index contributed by atoms with van der Waals surface area (Å²) in [5.74, 6) is 0.851. The van der Waals surface area contributed by atoms with E-state index in [-0.39, 0.29) is 5.82 Å². The lowest BCUT2D eigenvalue weighted by Crippen LogP contribution is -2.06. The van der Waals surface area contributed by atoms with Crippen molar-refractivity contribution in [3.8, 4) is 5.75 Å². The average molecular weight is 293 g/mol. The van der Waals surface area contributed by atoms with Crippen LogP contribution in [0.2, 0.25) is 0 Å².